The summed E-state index contributed by atoms with van der Waals surface area (Å²) < 4.78 is 13.1. The molecule has 0 aliphatic carbocycles. The molecule has 5 heteroatoms. The van der Waals surface area contributed by atoms with Gasteiger partial charge in [-0.3, -0.25) is 9.69 Å². The van der Waals surface area contributed by atoms with E-state index in [1.807, 2.05) is 29.2 Å². The lowest BCUT2D eigenvalue weighted by Gasteiger charge is -2.32. The summed E-state index contributed by atoms with van der Waals surface area (Å²) in [7, 11) is 0. The number of rotatable bonds is 4. The van der Waals surface area contributed by atoms with Gasteiger partial charge in [-0.25, -0.2) is 4.39 Å². The van der Waals surface area contributed by atoms with Crippen LogP contribution in [0.1, 0.15) is 53.1 Å². The van der Waals surface area contributed by atoms with Crippen LogP contribution in [0.15, 0.2) is 48.5 Å². The van der Waals surface area contributed by atoms with Gasteiger partial charge in [0.05, 0.1) is 0 Å². The number of benzene rings is 2. The molecule has 0 spiro atoms. The fourth-order valence-corrected chi connectivity index (χ4v) is 4.32. The maximum absolute atomic E-state index is 13.1. The van der Waals surface area contributed by atoms with Gasteiger partial charge >= 0.3 is 0 Å². The Morgan fingerprint density at radius 2 is 1.64 bits per heavy atom. The molecule has 0 radical (unpaired) electrons. The Labute approximate surface area is 172 Å². The number of likely N-dealkylation sites (tertiary alicyclic amines) is 2. The van der Waals surface area contributed by atoms with Gasteiger partial charge in [-0.15, -0.1) is 12.4 Å². The van der Waals surface area contributed by atoms with Crippen molar-refractivity contribution in [1.82, 2.24) is 9.80 Å². The van der Waals surface area contributed by atoms with Crippen LogP contribution in [0.25, 0.3) is 0 Å². The summed E-state index contributed by atoms with van der Waals surface area (Å²) in [5.74, 6) is 0.522. The summed E-state index contributed by atoms with van der Waals surface area (Å²) >= 11 is 0. The van der Waals surface area contributed by atoms with Crippen LogP contribution in [0.4, 0.5) is 4.39 Å². The van der Waals surface area contributed by atoms with Gasteiger partial charge in [-0.1, -0.05) is 24.3 Å². The largest absolute Gasteiger partial charge is 0.339 e. The predicted octanol–water partition coefficient (Wildman–Crippen LogP) is 4.86. The van der Waals surface area contributed by atoms with E-state index in [4.69, 9.17) is 0 Å². The molecule has 0 unspecified atom stereocenters. The molecule has 2 heterocycles. The highest BCUT2D eigenvalue weighted by Crippen LogP contribution is 2.29. The second kappa shape index (κ2) is 9.53. The molecule has 2 aromatic carbocycles. The third kappa shape index (κ3) is 4.92. The molecule has 0 N–H and O–H groups in total. The summed E-state index contributed by atoms with van der Waals surface area (Å²) in [6.45, 7) is 4.73. The second-order valence-corrected chi connectivity index (χ2v) is 7.80. The van der Waals surface area contributed by atoms with Crippen LogP contribution in [-0.2, 0) is 6.54 Å². The Balaban J connectivity index is 0.00000225. The number of nitrogens with zero attached hydrogens (tertiary/aromatic N) is 2. The third-order valence-electron chi connectivity index (χ3n) is 5.90. The molecular weight excluding hydrogens is 375 g/mol. The van der Waals surface area contributed by atoms with Crippen molar-refractivity contribution < 1.29 is 9.18 Å². The number of amides is 1. The van der Waals surface area contributed by atoms with Crippen molar-refractivity contribution >= 4 is 18.3 Å². The second-order valence-electron chi connectivity index (χ2n) is 7.80. The Morgan fingerprint density at radius 3 is 2.32 bits per heavy atom. The summed E-state index contributed by atoms with van der Waals surface area (Å²) in [5.41, 5.74) is 3.27. The molecule has 2 aliphatic heterocycles. The molecule has 2 aromatic rings. The van der Waals surface area contributed by atoms with Crippen LogP contribution in [0.2, 0.25) is 0 Å². The molecule has 0 bridgehead atoms. The fraction of sp³-hybridized carbons (Fsp3) is 0.435. The number of carbonyl (C=O) groups is 1. The van der Waals surface area contributed by atoms with E-state index >= 15 is 0 Å². The maximum atomic E-state index is 13.1. The first-order chi connectivity index (χ1) is 13.2. The summed E-state index contributed by atoms with van der Waals surface area (Å²) in [5, 5.41) is 0. The van der Waals surface area contributed by atoms with Gasteiger partial charge in [0.2, 0.25) is 0 Å². The SMILES string of the molecule is Cl.O=C(c1cccc(CN2CCC(c3ccc(F)cc3)CC2)c1)N1CCCC1. The number of hydrogen-bond acceptors (Lipinski definition) is 2. The molecule has 150 valence electrons. The van der Waals surface area contributed by atoms with Crippen molar-refractivity contribution in [2.75, 3.05) is 26.2 Å². The van der Waals surface area contributed by atoms with Crippen LogP contribution in [0, 0.1) is 5.82 Å². The van der Waals surface area contributed by atoms with Crippen LogP contribution >= 0.6 is 12.4 Å². The standard InChI is InChI=1S/C23H27FN2O.ClH/c24-22-8-6-19(7-9-22)20-10-14-25(15-11-20)17-18-4-3-5-21(16-18)23(27)26-12-1-2-13-26;/h3-9,16,20H,1-2,10-15,17H2;1H. The van der Waals surface area contributed by atoms with E-state index in [0.29, 0.717) is 5.92 Å². The van der Waals surface area contributed by atoms with Gasteiger partial charge in [0.15, 0.2) is 0 Å². The lowest BCUT2D eigenvalue weighted by atomic mass is 9.89. The third-order valence-corrected chi connectivity index (χ3v) is 5.90. The van der Waals surface area contributed by atoms with Gasteiger partial charge < -0.3 is 4.90 Å². The average molecular weight is 403 g/mol. The van der Waals surface area contributed by atoms with Crippen molar-refractivity contribution in [3.8, 4) is 0 Å². The Hall–Kier alpha value is -1.91. The normalized spacial score (nSPS) is 18.1. The van der Waals surface area contributed by atoms with Crippen LogP contribution < -0.4 is 0 Å². The van der Waals surface area contributed by atoms with Crippen LogP contribution in [-0.4, -0.2) is 41.9 Å². The fourth-order valence-electron chi connectivity index (χ4n) is 4.32. The zero-order valence-corrected chi connectivity index (χ0v) is 17.0. The topological polar surface area (TPSA) is 23.6 Å². The molecule has 0 aromatic heterocycles. The van der Waals surface area contributed by atoms with Gasteiger partial charge in [0, 0.05) is 25.2 Å². The van der Waals surface area contributed by atoms with E-state index in [9.17, 15) is 9.18 Å². The van der Waals surface area contributed by atoms with E-state index < -0.39 is 0 Å². The Bertz CT molecular complexity index is 781. The van der Waals surface area contributed by atoms with Gasteiger partial charge in [-0.2, -0.15) is 0 Å². The first kappa shape index (κ1) is 20.8. The van der Waals surface area contributed by atoms with Gasteiger partial charge in [0.25, 0.3) is 5.91 Å². The molecule has 0 saturated carbocycles. The zero-order chi connectivity index (χ0) is 18.6. The molecule has 0 atom stereocenters. The maximum Gasteiger partial charge on any atom is 0.253 e. The summed E-state index contributed by atoms with van der Waals surface area (Å²) in [4.78, 5) is 17.0. The van der Waals surface area contributed by atoms with Crippen molar-refractivity contribution in [3.05, 3.63) is 71.0 Å². The number of carbonyl (C=O) groups excluding carboxylic acids is 1. The van der Waals surface area contributed by atoms with Gasteiger partial charge in [-0.05, 0) is 80.1 Å². The molecule has 2 saturated heterocycles. The highest BCUT2D eigenvalue weighted by molar-refractivity contribution is 5.94. The quantitative estimate of drug-likeness (QED) is 0.728. The molecule has 28 heavy (non-hydrogen) atoms. The number of halogens is 2. The minimum absolute atomic E-state index is 0. The van der Waals surface area contributed by atoms with Gasteiger partial charge in [0.1, 0.15) is 5.82 Å². The van der Waals surface area contributed by atoms with E-state index in [-0.39, 0.29) is 24.1 Å². The van der Waals surface area contributed by atoms with Crippen molar-refractivity contribution in [2.45, 2.75) is 38.1 Å². The minimum atomic E-state index is -0.167. The van der Waals surface area contributed by atoms with Crippen molar-refractivity contribution in [3.63, 3.8) is 0 Å². The van der Waals surface area contributed by atoms with Crippen LogP contribution in [0.3, 0.4) is 0 Å². The Kier molecular flexibility index (Phi) is 7.08. The molecule has 3 nitrogen and oxygen atoms in total. The summed E-state index contributed by atoms with van der Waals surface area (Å²) in [6.07, 6.45) is 4.43. The molecule has 2 fully saturated rings. The Morgan fingerprint density at radius 1 is 0.964 bits per heavy atom. The monoisotopic (exact) mass is 402 g/mol. The highest BCUT2D eigenvalue weighted by Gasteiger charge is 2.22. The van der Waals surface area contributed by atoms with E-state index in [0.717, 1.165) is 64.0 Å². The van der Waals surface area contributed by atoms with Crippen LogP contribution in [0.5, 0.6) is 0 Å². The van der Waals surface area contributed by atoms with Crippen molar-refractivity contribution in [1.29, 1.82) is 0 Å². The number of hydrogen-bond donors (Lipinski definition) is 0. The van der Waals surface area contributed by atoms with E-state index in [2.05, 4.69) is 17.0 Å². The molecule has 4 rings (SSSR count). The predicted molar refractivity (Wildman–Crippen MR) is 112 cm³/mol. The first-order valence-corrected chi connectivity index (χ1v) is 10.0. The molecule has 1 amide bonds. The van der Waals surface area contributed by atoms with Crippen molar-refractivity contribution in [2.24, 2.45) is 0 Å². The number of piperidine rings is 1. The minimum Gasteiger partial charge on any atom is -0.339 e. The summed E-state index contributed by atoms with van der Waals surface area (Å²) in [6, 6.07) is 15.1. The zero-order valence-electron chi connectivity index (χ0n) is 16.1. The molecule has 2 aliphatic rings. The lowest BCUT2D eigenvalue weighted by Crippen LogP contribution is -2.32. The smallest absolute Gasteiger partial charge is 0.253 e. The van der Waals surface area contributed by atoms with E-state index in [1.165, 1.54) is 11.1 Å². The van der Waals surface area contributed by atoms with E-state index in [1.54, 1.807) is 12.1 Å². The highest BCUT2D eigenvalue weighted by atomic mass is 35.5. The first-order valence-electron chi connectivity index (χ1n) is 10.0. The average Bonchev–Trinajstić information content (AvgIpc) is 3.24. The molecular formula is C23H28ClFN2O. The lowest BCUT2D eigenvalue weighted by molar-refractivity contribution is 0.0792.